The number of fused-ring (bicyclic) bond motifs is 2. The number of anilines is 1. The van der Waals surface area contributed by atoms with Gasteiger partial charge in [-0.2, -0.15) is 0 Å². The van der Waals surface area contributed by atoms with E-state index in [2.05, 4.69) is 11.6 Å². The standard InChI is InChI=1S/C29H34FN3O9P2/c1-41-27-24-20(12-22(30)25(27)32-13-17-4-3-11-31-23(17)15-32)26(34)21(14-33(24)18-7-8-18)28(35)42-19-9-5-16(6-10-19)29(43(2,36)37)44(38,39)40/h5-6,9-10,12,14,17-18,23,29,31,36-37H,2-4,7-8,11,13,15H2,1H3,(H2,38,39,40)/t17-,23+,29?/m0/s1. The second-order valence-electron chi connectivity index (χ2n) is 11.7. The van der Waals surface area contributed by atoms with Gasteiger partial charge in [0.05, 0.1) is 18.0 Å². The number of aromatic nitrogens is 1. The summed E-state index contributed by atoms with van der Waals surface area (Å²) in [5.74, 6) is -1.06. The molecule has 1 aromatic heterocycles. The average Bonchev–Trinajstić information content (AvgIpc) is 3.70. The van der Waals surface area contributed by atoms with Crippen LogP contribution in [0.5, 0.6) is 11.5 Å². The lowest BCUT2D eigenvalue weighted by Crippen LogP contribution is -2.40. The van der Waals surface area contributed by atoms with Gasteiger partial charge in [-0.05, 0) is 61.9 Å². The SMILES string of the molecule is C=P(O)(O)C(c1ccc(OC(=O)c2cn(C3CC3)c3c(OC)c(N4C[C@@H]5CCCN[C@@H]5C4)c(F)cc3c2=O)cc1)P(=O)(O)O. The number of methoxy groups -OCH3 is 1. The summed E-state index contributed by atoms with van der Waals surface area (Å²) in [5.41, 5.74) is -0.446. The number of hydrogen-bond acceptors (Lipinski definition) is 9. The molecule has 0 bridgehead atoms. The largest absolute Gasteiger partial charge is 0.492 e. The van der Waals surface area contributed by atoms with Crippen molar-refractivity contribution in [3.05, 3.63) is 63.7 Å². The maximum Gasteiger partial charge on any atom is 0.349 e. The molecule has 0 radical (unpaired) electrons. The highest BCUT2D eigenvalue weighted by atomic mass is 31.2. The Labute approximate surface area is 252 Å². The molecule has 5 N–H and O–H groups in total. The minimum absolute atomic E-state index is 0.0133. The second-order valence-corrected chi connectivity index (χ2v) is 15.9. The minimum Gasteiger partial charge on any atom is -0.492 e. The van der Waals surface area contributed by atoms with Crippen molar-refractivity contribution in [2.45, 2.75) is 43.2 Å². The fourth-order valence-corrected chi connectivity index (χ4v) is 9.63. The van der Waals surface area contributed by atoms with Crippen LogP contribution >= 0.6 is 14.9 Å². The van der Waals surface area contributed by atoms with Crippen LogP contribution in [-0.4, -0.2) is 69.2 Å². The Morgan fingerprint density at radius 3 is 2.43 bits per heavy atom. The Balaban J connectivity index is 1.36. The lowest BCUT2D eigenvalue weighted by Gasteiger charge is -2.25. The Morgan fingerprint density at radius 2 is 1.84 bits per heavy atom. The van der Waals surface area contributed by atoms with E-state index in [0.717, 1.165) is 38.3 Å². The van der Waals surface area contributed by atoms with Crippen molar-refractivity contribution >= 4 is 43.8 Å². The number of nitrogens with zero attached hydrogens (tertiary/aromatic N) is 2. The molecule has 3 atom stereocenters. The van der Waals surface area contributed by atoms with Gasteiger partial charge >= 0.3 is 13.6 Å². The number of benzene rings is 2. The molecule has 2 aromatic carbocycles. The summed E-state index contributed by atoms with van der Waals surface area (Å²) >= 11 is 0. The first-order valence-corrected chi connectivity index (χ1v) is 17.9. The fraction of sp³-hybridized carbons (Fsp3) is 0.414. The molecule has 3 heterocycles. The van der Waals surface area contributed by atoms with Crippen LogP contribution in [0.2, 0.25) is 0 Å². The van der Waals surface area contributed by atoms with Gasteiger partial charge < -0.3 is 43.8 Å². The second kappa shape index (κ2) is 11.4. The van der Waals surface area contributed by atoms with Crippen LogP contribution in [0.1, 0.15) is 53.0 Å². The zero-order chi connectivity index (χ0) is 31.6. The van der Waals surface area contributed by atoms with Crippen LogP contribution in [0, 0.1) is 11.7 Å². The van der Waals surface area contributed by atoms with Gasteiger partial charge in [-0.3, -0.25) is 9.36 Å². The van der Waals surface area contributed by atoms with Gasteiger partial charge in [0.15, 0.2) is 17.0 Å². The molecule has 236 valence electrons. The van der Waals surface area contributed by atoms with E-state index in [1.165, 1.54) is 37.6 Å². The number of ether oxygens (including phenoxy) is 2. The topological polar surface area (TPSA) is 171 Å². The first-order chi connectivity index (χ1) is 20.8. The molecule has 3 aliphatic rings. The van der Waals surface area contributed by atoms with E-state index in [1.807, 2.05) is 4.90 Å². The number of halogens is 1. The Hall–Kier alpha value is -3.02. The van der Waals surface area contributed by atoms with E-state index < -0.39 is 37.6 Å². The molecule has 15 heteroatoms. The predicted octanol–water partition coefficient (Wildman–Crippen LogP) is 3.33. The maximum atomic E-state index is 15.9. The summed E-state index contributed by atoms with van der Waals surface area (Å²) < 4.78 is 40.7. The molecular weight excluding hydrogens is 615 g/mol. The minimum atomic E-state index is -4.99. The lowest BCUT2D eigenvalue weighted by atomic mass is 9.94. The van der Waals surface area contributed by atoms with Gasteiger partial charge in [-0.1, -0.05) is 18.4 Å². The third-order valence-corrected chi connectivity index (χ3v) is 12.6. The molecule has 0 spiro atoms. The molecule has 1 unspecified atom stereocenters. The van der Waals surface area contributed by atoms with Gasteiger partial charge in [-0.25, -0.2) is 9.18 Å². The van der Waals surface area contributed by atoms with E-state index in [-0.39, 0.29) is 40.1 Å². The first kappa shape index (κ1) is 31.0. The van der Waals surface area contributed by atoms with Gasteiger partial charge in [-0.15, -0.1) is 0 Å². The van der Waals surface area contributed by atoms with Crippen LogP contribution < -0.4 is 25.1 Å². The smallest absolute Gasteiger partial charge is 0.349 e. The molecule has 1 saturated carbocycles. The van der Waals surface area contributed by atoms with Gasteiger partial charge in [0.1, 0.15) is 24.3 Å². The molecule has 12 nitrogen and oxygen atoms in total. The maximum absolute atomic E-state index is 15.9. The van der Waals surface area contributed by atoms with Crippen LogP contribution in [-0.2, 0) is 4.57 Å². The van der Waals surface area contributed by atoms with Crippen LogP contribution in [0.25, 0.3) is 10.9 Å². The summed E-state index contributed by atoms with van der Waals surface area (Å²) in [5, 5.41) is 1.56. The number of piperidine rings is 1. The number of carbonyl (C=O) groups is 1. The number of esters is 1. The van der Waals surface area contributed by atoms with Crippen LogP contribution in [0.4, 0.5) is 10.1 Å². The van der Waals surface area contributed by atoms with Crippen molar-refractivity contribution in [1.82, 2.24) is 9.88 Å². The lowest BCUT2D eigenvalue weighted by molar-refractivity contribution is 0.0732. The predicted molar refractivity (Wildman–Crippen MR) is 164 cm³/mol. The van der Waals surface area contributed by atoms with Gasteiger partial charge in [0, 0.05) is 31.4 Å². The highest BCUT2D eigenvalue weighted by Crippen LogP contribution is 2.69. The van der Waals surface area contributed by atoms with Crippen molar-refractivity contribution in [3.8, 4) is 11.5 Å². The third kappa shape index (κ3) is 5.74. The Morgan fingerprint density at radius 1 is 1.14 bits per heavy atom. The highest BCUT2D eigenvalue weighted by Gasteiger charge is 2.40. The zero-order valence-corrected chi connectivity index (χ0v) is 25.7. The Bertz CT molecular complexity index is 1750. The summed E-state index contributed by atoms with van der Waals surface area (Å²) in [6.07, 6.45) is 8.25. The van der Waals surface area contributed by atoms with Crippen LogP contribution in [0.3, 0.4) is 0 Å². The van der Waals surface area contributed by atoms with E-state index in [1.54, 1.807) is 4.57 Å². The van der Waals surface area contributed by atoms with Crippen LogP contribution in [0.15, 0.2) is 41.3 Å². The number of carbonyl (C=O) groups excluding carboxylic acids is 1. The molecule has 1 aliphatic carbocycles. The quantitative estimate of drug-likeness (QED) is 0.138. The van der Waals surface area contributed by atoms with Gasteiger partial charge in [0.2, 0.25) is 5.43 Å². The summed E-state index contributed by atoms with van der Waals surface area (Å²) in [7, 11) is -7.79. The molecule has 3 fully saturated rings. The van der Waals surface area contributed by atoms with Crippen molar-refractivity contribution in [3.63, 3.8) is 0 Å². The number of pyridine rings is 1. The fourth-order valence-electron chi connectivity index (χ4n) is 6.49. The monoisotopic (exact) mass is 649 g/mol. The molecular formula is C29H34FN3O9P2. The van der Waals surface area contributed by atoms with Gasteiger partial charge in [0.25, 0.3) is 0 Å². The highest BCUT2D eigenvalue weighted by molar-refractivity contribution is 7.75. The number of nitrogens with one attached hydrogen (secondary N) is 1. The average molecular weight is 650 g/mol. The molecule has 44 heavy (non-hydrogen) atoms. The summed E-state index contributed by atoms with van der Waals surface area (Å²) in [4.78, 5) is 68.0. The zero-order valence-electron chi connectivity index (χ0n) is 23.9. The van der Waals surface area contributed by atoms with Crippen molar-refractivity contribution in [2.75, 3.05) is 31.6 Å². The summed E-state index contributed by atoms with van der Waals surface area (Å²) in [6.45, 7) is 2.20. The molecule has 0 amide bonds. The molecule has 2 saturated heterocycles. The van der Waals surface area contributed by atoms with E-state index in [4.69, 9.17) is 9.47 Å². The van der Waals surface area contributed by atoms with E-state index >= 15 is 4.39 Å². The molecule has 3 aromatic rings. The molecule has 6 rings (SSSR count). The first-order valence-electron chi connectivity index (χ1n) is 14.3. The van der Waals surface area contributed by atoms with Crippen molar-refractivity contribution < 1.29 is 42.8 Å². The van der Waals surface area contributed by atoms with E-state index in [0.29, 0.717) is 30.2 Å². The Kier molecular flexibility index (Phi) is 8.03. The number of rotatable bonds is 8. The molecule has 2 aliphatic heterocycles. The third-order valence-electron chi connectivity index (χ3n) is 8.58. The number of hydrogen-bond donors (Lipinski definition) is 5. The summed E-state index contributed by atoms with van der Waals surface area (Å²) in [6, 6.07) is 6.16. The van der Waals surface area contributed by atoms with Crippen molar-refractivity contribution in [2.24, 2.45) is 5.92 Å². The van der Waals surface area contributed by atoms with Crippen molar-refractivity contribution in [1.29, 1.82) is 0 Å². The van der Waals surface area contributed by atoms with E-state index in [9.17, 15) is 33.7 Å². The normalized spacial score (nSPS) is 21.3.